The third-order valence-corrected chi connectivity index (χ3v) is 9.64. The lowest BCUT2D eigenvalue weighted by Crippen LogP contribution is -2.53. The van der Waals surface area contributed by atoms with E-state index in [2.05, 4.69) is 5.32 Å². The SMILES string of the molecule is CCC(C(=O)NC1CCCC1)N(Cc1ccc(Cl)cc1)C(=O)CN(c1ccccc1)S(=O)(=O)c1ccc(OC)c(OC)c1. The summed E-state index contributed by atoms with van der Waals surface area (Å²) in [6.45, 7) is 1.42. The molecule has 3 aromatic carbocycles. The van der Waals surface area contributed by atoms with E-state index in [9.17, 15) is 18.0 Å². The van der Waals surface area contributed by atoms with Crippen molar-refractivity contribution in [1.29, 1.82) is 0 Å². The number of benzene rings is 3. The summed E-state index contributed by atoms with van der Waals surface area (Å²) in [5.74, 6) is -0.152. The summed E-state index contributed by atoms with van der Waals surface area (Å²) in [6, 6.07) is 19.0. The van der Waals surface area contributed by atoms with E-state index >= 15 is 0 Å². The van der Waals surface area contributed by atoms with Crippen molar-refractivity contribution < 1.29 is 27.5 Å². The number of halogens is 1. The molecule has 1 atom stereocenters. The maximum absolute atomic E-state index is 14.2. The lowest BCUT2D eigenvalue weighted by molar-refractivity contribution is -0.140. The van der Waals surface area contributed by atoms with Gasteiger partial charge in [0.25, 0.3) is 10.0 Å². The summed E-state index contributed by atoms with van der Waals surface area (Å²) in [5.41, 5.74) is 1.07. The summed E-state index contributed by atoms with van der Waals surface area (Å²) in [6.07, 6.45) is 4.26. The average Bonchev–Trinajstić information content (AvgIpc) is 3.53. The van der Waals surface area contributed by atoms with Crippen molar-refractivity contribution in [2.45, 2.75) is 62.6 Å². The molecule has 0 radical (unpaired) electrons. The summed E-state index contributed by atoms with van der Waals surface area (Å²) in [5, 5.41) is 3.66. The van der Waals surface area contributed by atoms with Crippen LogP contribution in [-0.2, 0) is 26.2 Å². The minimum Gasteiger partial charge on any atom is -0.493 e. The minimum atomic E-state index is -4.26. The van der Waals surface area contributed by atoms with Crippen LogP contribution in [0.3, 0.4) is 0 Å². The van der Waals surface area contributed by atoms with Gasteiger partial charge in [-0.2, -0.15) is 0 Å². The molecule has 230 valence electrons. The van der Waals surface area contributed by atoms with Crippen LogP contribution in [0.15, 0.2) is 77.7 Å². The number of carbonyl (C=O) groups is 2. The third-order valence-electron chi connectivity index (χ3n) is 7.62. The van der Waals surface area contributed by atoms with Gasteiger partial charge >= 0.3 is 0 Å². The van der Waals surface area contributed by atoms with E-state index in [4.69, 9.17) is 21.1 Å². The molecule has 0 saturated heterocycles. The Morgan fingerprint density at radius 1 is 0.953 bits per heavy atom. The van der Waals surface area contributed by atoms with Gasteiger partial charge in [0.2, 0.25) is 11.8 Å². The molecule has 43 heavy (non-hydrogen) atoms. The van der Waals surface area contributed by atoms with Gasteiger partial charge in [-0.3, -0.25) is 13.9 Å². The molecule has 2 amide bonds. The molecule has 3 aromatic rings. The topological polar surface area (TPSA) is 105 Å². The first-order chi connectivity index (χ1) is 20.7. The molecule has 1 aliphatic rings. The zero-order valence-electron chi connectivity index (χ0n) is 24.7. The lowest BCUT2D eigenvalue weighted by atomic mass is 10.1. The van der Waals surface area contributed by atoms with Gasteiger partial charge in [0.15, 0.2) is 11.5 Å². The number of ether oxygens (including phenoxy) is 2. The Kier molecular flexibility index (Phi) is 10.9. The lowest BCUT2D eigenvalue weighted by Gasteiger charge is -2.33. The summed E-state index contributed by atoms with van der Waals surface area (Å²) < 4.78 is 39.9. The Morgan fingerprint density at radius 3 is 2.21 bits per heavy atom. The fourth-order valence-electron chi connectivity index (χ4n) is 5.30. The van der Waals surface area contributed by atoms with Crippen molar-refractivity contribution in [1.82, 2.24) is 10.2 Å². The number of anilines is 1. The minimum absolute atomic E-state index is 0.0697. The predicted molar refractivity (Wildman–Crippen MR) is 167 cm³/mol. The molecule has 11 heteroatoms. The molecular weight excluding hydrogens is 590 g/mol. The highest BCUT2D eigenvalue weighted by Gasteiger charge is 2.35. The molecule has 1 saturated carbocycles. The fraction of sp³-hybridized carbons (Fsp3) is 0.375. The quantitative estimate of drug-likeness (QED) is 0.271. The number of nitrogens with zero attached hydrogens (tertiary/aromatic N) is 2. The first-order valence-corrected chi connectivity index (χ1v) is 16.1. The Hall–Kier alpha value is -3.76. The van der Waals surface area contributed by atoms with Crippen molar-refractivity contribution in [2.75, 3.05) is 25.1 Å². The van der Waals surface area contributed by atoms with Crippen molar-refractivity contribution in [2.24, 2.45) is 0 Å². The van der Waals surface area contributed by atoms with Gasteiger partial charge < -0.3 is 19.7 Å². The van der Waals surface area contributed by atoms with Crippen LogP contribution in [0.2, 0.25) is 5.02 Å². The number of carbonyl (C=O) groups excluding carboxylic acids is 2. The maximum atomic E-state index is 14.2. The van der Waals surface area contributed by atoms with Gasteiger partial charge in [-0.1, -0.05) is 61.7 Å². The van der Waals surface area contributed by atoms with Gasteiger partial charge in [-0.25, -0.2) is 8.42 Å². The number of rotatable bonds is 13. The zero-order chi connectivity index (χ0) is 31.0. The molecule has 0 bridgehead atoms. The molecule has 0 heterocycles. The Morgan fingerprint density at radius 2 is 1.60 bits per heavy atom. The molecule has 1 unspecified atom stereocenters. The van der Waals surface area contributed by atoms with Crippen LogP contribution in [-0.4, -0.2) is 58.0 Å². The van der Waals surface area contributed by atoms with Crippen LogP contribution in [0.4, 0.5) is 5.69 Å². The smallest absolute Gasteiger partial charge is 0.264 e. The van der Waals surface area contributed by atoms with Crippen LogP contribution in [0.5, 0.6) is 11.5 Å². The first kappa shape index (κ1) is 32.2. The molecule has 1 fully saturated rings. The van der Waals surface area contributed by atoms with E-state index in [0.717, 1.165) is 35.6 Å². The van der Waals surface area contributed by atoms with Crippen LogP contribution in [0.1, 0.15) is 44.6 Å². The van der Waals surface area contributed by atoms with Crippen LogP contribution in [0, 0.1) is 0 Å². The number of nitrogens with one attached hydrogen (secondary N) is 1. The van der Waals surface area contributed by atoms with E-state index < -0.39 is 28.5 Å². The predicted octanol–water partition coefficient (Wildman–Crippen LogP) is 5.42. The maximum Gasteiger partial charge on any atom is 0.264 e. The molecule has 1 N–H and O–H groups in total. The van der Waals surface area contributed by atoms with E-state index in [0.29, 0.717) is 22.9 Å². The van der Waals surface area contributed by atoms with E-state index in [-0.39, 0.29) is 29.1 Å². The van der Waals surface area contributed by atoms with Gasteiger partial charge in [0.05, 0.1) is 24.8 Å². The average molecular weight is 628 g/mol. The molecule has 9 nitrogen and oxygen atoms in total. The Labute approximate surface area is 258 Å². The van der Waals surface area contributed by atoms with Crippen LogP contribution in [0.25, 0.3) is 0 Å². The highest BCUT2D eigenvalue weighted by molar-refractivity contribution is 7.92. The third kappa shape index (κ3) is 7.80. The molecule has 4 rings (SSSR count). The molecular formula is C32H38ClN3O6S. The first-order valence-electron chi connectivity index (χ1n) is 14.3. The number of para-hydroxylation sites is 1. The summed E-state index contributed by atoms with van der Waals surface area (Å²) in [4.78, 5) is 29.1. The summed E-state index contributed by atoms with van der Waals surface area (Å²) in [7, 11) is -1.38. The van der Waals surface area contributed by atoms with Crippen molar-refractivity contribution in [3.8, 4) is 11.5 Å². The molecule has 0 aromatic heterocycles. The number of hydrogen-bond acceptors (Lipinski definition) is 6. The van der Waals surface area contributed by atoms with Gasteiger partial charge in [0, 0.05) is 23.7 Å². The van der Waals surface area contributed by atoms with Gasteiger partial charge in [0.1, 0.15) is 12.6 Å². The Bertz CT molecular complexity index is 1500. The van der Waals surface area contributed by atoms with Crippen LogP contribution >= 0.6 is 11.6 Å². The summed E-state index contributed by atoms with van der Waals surface area (Å²) >= 11 is 6.10. The molecule has 0 spiro atoms. The van der Waals surface area contributed by atoms with Crippen molar-refractivity contribution >= 4 is 39.1 Å². The number of amides is 2. The number of hydrogen-bond donors (Lipinski definition) is 1. The van der Waals surface area contributed by atoms with Crippen LogP contribution < -0.4 is 19.1 Å². The molecule has 0 aliphatic heterocycles. The second kappa shape index (κ2) is 14.6. The van der Waals surface area contributed by atoms with Crippen molar-refractivity contribution in [3.05, 3.63) is 83.4 Å². The largest absolute Gasteiger partial charge is 0.493 e. The normalized spacial score (nSPS) is 14.1. The Balaban J connectivity index is 1.71. The number of methoxy groups -OCH3 is 2. The van der Waals surface area contributed by atoms with E-state index in [1.165, 1.54) is 37.3 Å². The zero-order valence-corrected chi connectivity index (χ0v) is 26.2. The fourth-order valence-corrected chi connectivity index (χ4v) is 6.86. The molecule has 1 aliphatic carbocycles. The highest BCUT2D eigenvalue weighted by Crippen LogP contribution is 2.32. The highest BCUT2D eigenvalue weighted by atomic mass is 35.5. The monoisotopic (exact) mass is 627 g/mol. The van der Waals surface area contributed by atoms with Gasteiger partial charge in [-0.05, 0) is 61.2 Å². The van der Waals surface area contributed by atoms with E-state index in [1.54, 1.807) is 54.6 Å². The standard InChI is InChI=1S/C32H38ClN3O6S/c1-4-28(32(38)34-25-10-8-9-11-25)35(21-23-14-16-24(33)17-15-23)31(37)22-36(26-12-6-5-7-13-26)43(39,40)27-18-19-29(41-2)30(20-27)42-3/h5-7,12-20,25,28H,4,8-11,21-22H2,1-3H3,(H,34,38). The second-order valence-electron chi connectivity index (χ2n) is 10.4. The number of sulfonamides is 1. The van der Waals surface area contributed by atoms with Crippen molar-refractivity contribution in [3.63, 3.8) is 0 Å². The van der Waals surface area contributed by atoms with E-state index in [1.807, 2.05) is 6.92 Å². The second-order valence-corrected chi connectivity index (χ2v) is 12.7. The van der Waals surface area contributed by atoms with Gasteiger partial charge in [-0.15, -0.1) is 0 Å².